The van der Waals surface area contributed by atoms with Crippen LogP contribution in [0.15, 0.2) is 72.8 Å². The van der Waals surface area contributed by atoms with Crippen LogP contribution in [-0.4, -0.2) is 18.8 Å². The van der Waals surface area contributed by atoms with E-state index in [1.165, 1.54) is 17.0 Å². The maximum atomic E-state index is 13.2. The Hall–Kier alpha value is -3.68. The molecule has 0 saturated carbocycles. The number of fused-ring (bicyclic) bond motifs is 1. The highest BCUT2D eigenvalue weighted by Crippen LogP contribution is 2.45. The molecule has 8 heteroatoms. The average molecular weight is 427 g/mol. The first-order valence-corrected chi connectivity index (χ1v) is 9.53. The molecule has 31 heavy (non-hydrogen) atoms. The predicted octanol–water partition coefficient (Wildman–Crippen LogP) is 4.97. The lowest BCUT2D eigenvalue weighted by Gasteiger charge is -2.46. The summed E-state index contributed by atoms with van der Waals surface area (Å²) in [6.45, 7) is 0.0870. The predicted molar refractivity (Wildman–Crippen MR) is 105 cm³/mol. The summed E-state index contributed by atoms with van der Waals surface area (Å²) in [5, 5.41) is 0. The lowest BCUT2D eigenvalue weighted by Crippen LogP contribution is -2.61. The molecule has 1 saturated heterocycles. The van der Waals surface area contributed by atoms with Gasteiger partial charge in [-0.15, -0.1) is 0 Å². The molecule has 0 aromatic heterocycles. The topological polar surface area (TPSA) is 48.0 Å². The summed E-state index contributed by atoms with van der Waals surface area (Å²) in [7, 11) is 0. The second-order valence-electron chi connectivity index (χ2n) is 7.17. The summed E-state index contributed by atoms with van der Waals surface area (Å²) in [6, 6.07) is 18.1. The third-order valence-electron chi connectivity index (χ3n) is 5.24. The van der Waals surface area contributed by atoms with Crippen molar-refractivity contribution in [3.05, 3.63) is 83.9 Å². The zero-order valence-corrected chi connectivity index (χ0v) is 16.0. The third-order valence-corrected chi connectivity index (χ3v) is 5.24. The highest BCUT2D eigenvalue weighted by molar-refractivity contribution is 6.05. The van der Waals surface area contributed by atoms with Crippen molar-refractivity contribution in [3.63, 3.8) is 0 Å². The largest absolute Gasteiger partial charge is 0.478 e. The number of benzene rings is 3. The second kappa shape index (κ2) is 7.23. The van der Waals surface area contributed by atoms with E-state index < -0.39 is 29.8 Å². The Bertz CT molecular complexity index is 1130. The van der Waals surface area contributed by atoms with Crippen LogP contribution < -0.4 is 19.1 Å². The van der Waals surface area contributed by atoms with E-state index in [-0.39, 0.29) is 12.5 Å². The monoisotopic (exact) mass is 427 g/mol. The summed E-state index contributed by atoms with van der Waals surface area (Å²) in [5.74, 6) is 1.15. The summed E-state index contributed by atoms with van der Waals surface area (Å²) in [5.41, 5.74) is -0.00717. The Morgan fingerprint density at radius 2 is 1.68 bits per heavy atom. The van der Waals surface area contributed by atoms with Crippen molar-refractivity contribution in [2.75, 3.05) is 11.7 Å². The fourth-order valence-corrected chi connectivity index (χ4v) is 3.76. The molecule has 0 unspecified atom stereocenters. The van der Waals surface area contributed by atoms with Gasteiger partial charge < -0.3 is 14.2 Å². The maximum absolute atomic E-state index is 13.2. The molecule has 0 N–H and O–H groups in total. The lowest BCUT2D eigenvalue weighted by molar-refractivity contribution is -0.138. The van der Waals surface area contributed by atoms with Crippen LogP contribution in [0.1, 0.15) is 17.2 Å². The Kier molecular flexibility index (Phi) is 4.50. The van der Waals surface area contributed by atoms with Gasteiger partial charge in [0.2, 0.25) is 12.9 Å². The molecule has 1 fully saturated rings. The highest BCUT2D eigenvalue weighted by Gasteiger charge is 2.51. The van der Waals surface area contributed by atoms with Gasteiger partial charge in [-0.05, 0) is 48.0 Å². The Morgan fingerprint density at radius 1 is 0.903 bits per heavy atom. The number of hydrogen-bond acceptors (Lipinski definition) is 4. The Balaban J connectivity index is 1.53. The van der Waals surface area contributed by atoms with Gasteiger partial charge in [-0.2, -0.15) is 13.2 Å². The summed E-state index contributed by atoms with van der Waals surface area (Å²) in [4.78, 5) is 14.3. The number of β-lactam (4-membered cyclic amide) rings is 1. The molecular formula is C23H16F3NO4. The van der Waals surface area contributed by atoms with Crippen LogP contribution in [0.5, 0.6) is 17.2 Å². The quantitative estimate of drug-likeness (QED) is 0.552. The van der Waals surface area contributed by atoms with E-state index in [1.54, 1.807) is 42.5 Å². The van der Waals surface area contributed by atoms with E-state index in [0.717, 1.165) is 12.1 Å². The van der Waals surface area contributed by atoms with Crippen molar-refractivity contribution in [1.29, 1.82) is 0 Å². The van der Waals surface area contributed by atoms with Gasteiger partial charge in [0.05, 0.1) is 5.56 Å². The van der Waals surface area contributed by atoms with E-state index in [1.807, 2.05) is 6.07 Å². The van der Waals surface area contributed by atoms with Crippen LogP contribution in [0, 0.1) is 0 Å². The number of halogens is 3. The first-order valence-electron chi connectivity index (χ1n) is 9.53. The molecule has 0 aliphatic carbocycles. The van der Waals surface area contributed by atoms with Crippen LogP contribution in [0.4, 0.5) is 18.9 Å². The number of rotatable bonds is 4. The van der Waals surface area contributed by atoms with E-state index >= 15 is 0 Å². The average Bonchev–Trinajstić information content (AvgIpc) is 3.23. The second-order valence-corrected chi connectivity index (χ2v) is 7.17. The zero-order valence-electron chi connectivity index (χ0n) is 16.0. The van der Waals surface area contributed by atoms with Gasteiger partial charge in [-0.3, -0.25) is 9.69 Å². The molecule has 1 amide bonds. The number of amides is 1. The molecule has 0 spiro atoms. The van der Waals surface area contributed by atoms with Gasteiger partial charge in [-0.25, -0.2) is 0 Å². The fourth-order valence-electron chi connectivity index (χ4n) is 3.76. The molecule has 5 rings (SSSR count). The van der Waals surface area contributed by atoms with E-state index in [9.17, 15) is 18.0 Å². The fraction of sp³-hybridized carbons (Fsp3) is 0.174. The zero-order chi connectivity index (χ0) is 21.6. The first kappa shape index (κ1) is 19.3. The molecule has 0 bridgehead atoms. The molecule has 2 atom stereocenters. The summed E-state index contributed by atoms with van der Waals surface area (Å²) < 4.78 is 56.4. The minimum Gasteiger partial charge on any atom is -0.478 e. The van der Waals surface area contributed by atoms with Crippen LogP contribution in [-0.2, 0) is 11.0 Å². The minimum absolute atomic E-state index is 0.0870. The van der Waals surface area contributed by atoms with Gasteiger partial charge in [0.25, 0.3) is 5.91 Å². The summed E-state index contributed by atoms with van der Waals surface area (Å²) in [6.07, 6.45) is -5.41. The molecular weight excluding hydrogens is 411 g/mol. The van der Waals surface area contributed by atoms with Crippen molar-refractivity contribution in [1.82, 2.24) is 0 Å². The number of carbonyl (C=O) groups excluding carboxylic acids is 1. The van der Waals surface area contributed by atoms with Gasteiger partial charge in [0, 0.05) is 5.69 Å². The van der Waals surface area contributed by atoms with Crippen LogP contribution >= 0.6 is 0 Å². The van der Waals surface area contributed by atoms with Gasteiger partial charge in [0.1, 0.15) is 11.8 Å². The number of hydrogen-bond donors (Lipinski definition) is 0. The highest BCUT2D eigenvalue weighted by atomic mass is 19.4. The van der Waals surface area contributed by atoms with E-state index in [4.69, 9.17) is 14.2 Å². The van der Waals surface area contributed by atoms with Crippen molar-refractivity contribution >= 4 is 11.6 Å². The minimum atomic E-state index is -4.52. The van der Waals surface area contributed by atoms with Gasteiger partial charge in [0.15, 0.2) is 11.5 Å². The molecule has 0 radical (unpaired) electrons. The lowest BCUT2D eigenvalue weighted by atomic mass is 9.89. The number of nitrogens with zero attached hydrogens (tertiary/aromatic N) is 1. The molecule has 2 aliphatic heterocycles. The smallest absolute Gasteiger partial charge is 0.416 e. The first-order chi connectivity index (χ1) is 14.9. The molecule has 5 nitrogen and oxygen atoms in total. The molecule has 3 aromatic rings. The Morgan fingerprint density at radius 3 is 2.45 bits per heavy atom. The van der Waals surface area contributed by atoms with Gasteiger partial charge >= 0.3 is 6.18 Å². The van der Waals surface area contributed by atoms with E-state index in [0.29, 0.717) is 22.8 Å². The maximum Gasteiger partial charge on any atom is 0.416 e. The van der Waals surface area contributed by atoms with Crippen LogP contribution in [0.3, 0.4) is 0 Å². The SMILES string of the molecule is O=C1[C@H](Oc2ccccc2)[C@H](c2ccc3c(c2)OCO3)N1c1cccc(C(F)(F)F)c1. The van der Waals surface area contributed by atoms with Crippen LogP contribution in [0.2, 0.25) is 0 Å². The normalized spacial score (nSPS) is 19.8. The number of carbonyl (C=O) groups is 1. The number of anilines is 1. The standard InChI is InChI=1S/C23H16F3NO4/c24-23(25,26)15-5-4-6-16(12-15)27-20(14-9-10-18-19(11-14)30-13-29-18)21(22(27)28)31-17-7-2-1-3-8-17/h1-12,20-21H,13H2/t20-,21+/m0/s1. The van der Waals surface area contributed by atoms with Gasteiger partial charge in [-0.1, -0.05) is 30.3 Å². The molecule has 2 aliphatic rings. The Labute approximate surface area is 175 Å². The number of para-hydroxylation sites is 1. The molecule has 158 valence electrons. The summed E-state index contributed by atoms with van der Waals surface area (Å²) >= 11 is 0. The molecule has 2 heterocycles. The van der Waals surface area contributed by atoms with E-state index in [2.05, 4.69) is 0 Å². The third kappa shape index (κ3) is 3.43. The van der Waals surface area contributed by atoms with Crippen LogP contribution in [0.25, 0.3) is 0 Å². The molecule has 3 aromatic carbocycles. The number of ether oxygens (including phenoxy) is 3. The van der Waals surface area contributed by atoms with Crippen molar-refractivity contribution in [2.24, 2.45) is 0 Å². The number of alkyl halides is 3. The van der Waals surface area contributed by atoms with Crippen molar-refractivity contribution < 1.29 is 32.2 Å². The van der Waals surface area contributed by atoms with Crippen molar-refractivity contribution in [3.8, 4) is 17.2 Å². The van der Waals surface area contributed by atoms with Crippen molar-refractivity contribution in [2.45, 2.75) is 18.3 Å².